The maximum atomic E-state index is 12.1. The first-order chi connectivity index (χ1) is 10.1. The second kappa shape index (κ2) is 6.70. The molecular formula is C17H18N2O2. The SMILES string of the molecule is CC(=O)NC(C)C(=O)Nc1ccccc1-c1ccccc1. The normalized spacial score (nSPS) is 11.5. The molecule has 0 aliphatic heterocycles. The van der Waals surface area contributed by atoms with Gasteiger partial charge in [0.2, 0.25) is 11.8 Å². The summed E-state index contributed by atoms with van der Waals surface area (Å²) in [5.41, 5.74) is 2.70. The number of rotatable bonds is 4. The van der Waals surface area contributed by atoms with Crippen LogP contribution in [0.4, 0.5) is 5.69 Å². The Labute approximate surface area is 124 Å². The maximum Gasteiger partial charge on any atom is 0.246 e. The molecule has 0 spiro atoms. The molecule has 2 aromatic carbocycles. The third kappa shape index (κ3) is 3.92. The highest BCUT2D eigenvalue weighted by Gasteiger charge is 2.15. The number of nitrogens with one attached hydrogen (secondary N) is 2. The predicted octanol–water partition coefficient (Wildman–Crippen LogP) is 2.82. The number of amides is 2. The summed E-state index contributed by atoms with van der Waals surface area (Å²) >= 11 is 0. The number of benzene rings is 2. The Kier molecular flexibility index (Phi) is 4.72. The molecule has 0 aliphatic rings. The monoisotopic (exact) mass is 282 g/mol. The summed E-state index contributed by atoms with van der Waals surface area (Å²) in [7, 11) is 0. The number of para-hydroxylation sites is 1. The van der Waals surface area contributed by atoms with Crippen molar-refractivity contribution in [1.29, 1.82) is 0 Å². The van der Waals surface area contributed by atoms with Gasteiger partial charge in [-0.2, -0.15) is 0 Å². The highest BCUT2D eigenvalue weighted by molar-refractivity contribution is 5.99. The van der Waals surface area contributed by atoms with Crippen molar-refractivity contribution < 1.29 is 9.59 Å². The van der Waals surface area contributed by atoms with Crippen LogP contribution in [0.3, 0.4) is 0 Å². The quantitative estimate of drug-likeness (QED) is 0.906. The van der Waals surface area contributed by atoms with Gasteiger partial charge in [0.15, 0.2) is 0 Å². The van der Waals surface area contributed by atoms with Crippen LogP contribution in [0.5, 0.6) is 0 Å². The van der Waals surface area contributed by atoms with Crippen molar-refractivity contribution in [3.63, 3.8) is 0 Å². The van der Waals surface area contributed by atoms with Crippen LogP contribution in [0.2, 0.25) is 0 Å². The lowest BCUT2D eigenvalue weighted by atomic mass is 10.0. The van der Waals surface area contributed by atoms with Crippen molar-refractivity contribution in [3.05, 3.63) is 54.6 Å². The number of carbonyl (C=O) groups excluding carboxylic acids is 2. The van der Waals surface area contributed by atoms with E-state index in [0.29, 0.717) is 0 Å². The molecule has 2 amide bonds. The lowest BCUT2D eigenvalue weighted by molar-refractivity contribution is -0.124. The van der Waals surface area contributed by atoms with E-state index in [1.807, 2.05) is 54.6 Å². The average Bonchev–Trinajstić information content (AvgIpc) is 2.48. The molecule has 4 nitrogen and oxygen atoms in total. The molecule has 1 unspecified atom stereocenters. The average molecular weight is 282 g/mol. The smallest absolute Gasteiger partial charge is 0.246 e. The van der Waals surface area contributed by atoms with Gasteiger partial charge in [0.05, 0.1) is 0 Å². The Morgan fingerprint density at radius 3 is 2.24 bits per heavy atom. The molecule has 21 heavy (non-hydrogen) atoms. The molecule has 0 aromatic heterocycles. The van der Waals surface area contributed by atoms with E-state index in [1.165, 1.54) is 6.92 Å². The fourth-order valence-electron chi connectivity index (χ4n) is 2.07. The van der Waals surface area contributed by atoms with E-state index < -0.39 is 6.04 Å². The molecule has 2 rings (SSSR count). The molecule has 2 N–H and O–H groups in total. The lowest BCUT2D eigenvalue weighted by Gasteiger charge is -2.15. The molecule has 4 heteroatoms. The molecular weight excluding hydrogens is 264 g/mol. The van der Waals surface area contributed by atoms with Gasteiger partial charge >= 0.3 is 0 Å². The van der Waals surface area contributed by atoms with Crippen molar-refractivity contribution in [1.82, 2.24) is 5.32 Å². The van der Waals surface area contributed by atoms with Crippen LogP contribution in [-0.4, -0.2) is 17.9 Å². The highest BCUT2D eigenvalue weighted by Crippen LogP contribution is 2.27. The predicted molar refractivity (Wildman–Crippen MR) is 83.8 cm³/mol. The maximum absolute atomic E-state index is 12.1. The van der Waals surface area contributed by atoms with Gasteiger partial charge in [-0.15, -0.1) is 0 Å². The van der Waals surface area contributed by atoms with Gasteiger partial charge in [-0.05, 0) is 18.6 Å². The standard InChI is InChI=1S/C17H18N2O2/c1-12(18-13(2)20)17(21)19-16-11-7-6-10-15(16)14-8-4-3-5-9-14/h3-12H,1-2H3,(H,18,20)(H,19,21). The van der Waals surface area contributed by atoms with Crippen molar-refractivity contribution >= 4 is 17.5 Å². The van der Waals surface area contributed by atoms with Crippen LogP contribution in [0.1, 0.15) is 13.8 Å². The van der Waals surface area contributed by atoms with Crippen molar-refractivity contribution in [2.24, 2.45) is 0 Å². The molecule has 2 aromatic rings. The summed E-state index contributed by atoms with van der Waals surface area (Å²) in [6, 6.07) is 16.8. The van der Waals surface area contributed by atoms with Crippen molar-refractivity contribution in [2.45, 2.75) is 19.9 Å². The van der Waals surface area contributed by atoms with Crippen LogP contribution < -0.4 is 10.6 Å². The van der Waals surface area contributed by atoms with Gasteiger partial charge < -0.3 is 10.6 Å². The fourth-order valence-corrected chi connectivity index (χ4v) is 2.07. The number of anilines is 1. The van der Waals surface area contributed by atoms with Crippen molar-refractivity contribution in [3.8, 4) is 11.1 Å². The Morgan fingerprint density at radius 1 is 0.952 bits per heavy atom. The molecule has 0 saturated heterocycles. The fraction of sp³-hybridized carbons (Fsp3) is 0.176. The third-order valence-corrected chi connectivity index (χ3v) is 3.08. The van der Waals surface area contributed by atoms with E-state index >= 15 is 0 Å². The molecule has 0 bridgehead atoms. The van der Waals surface area contributed by atoms with E-state index in [-0.39, 0.29) is 11.8 Å². The van der Waals surface area contributed by atoms with E-state index in [1.54, 1.807) is 6.92 Å². The molecule has 0 saturated carbocycles. The van der Waals surface area contributed by atoms with Crippen LogP contribution >= 0.6 is 0 Å². The van der Waals surface area contributed by atoms with E-state index in [4.69, 9.17) is 0 Å². The Hall–Kier alpha value is -2.62. The largest absolute Gasteiger partial charge is 0.345 e. The molecule has 0 aliphatic carbocycles. The second-order valence-corrected chi connectivity index (χ2v) is 4.82. The van der Waals surface area contributed by atoms with Gasteiger partial charge in [-0.1, -0.05) is 48.5 Å². The van der Waals surface area contributed by atoms with Crippen molar-refractivity contribution in [2.75, 3.05) is 5.32 Å². The summed E-state index contributed by atoms with van der Waals surface area (Å²) in [4.78, 5) is 23.1. The summed E-state index contributed by atoms with van der Waals surface area (Å²) in [5, 5.41) is 5.43. The summed E-state index contributed by atoms with van der Waals surface area (Å²) < 4.78 is 0. The third-order valence-electron chi connectivity index (χ3n) is 3.08. The minimum Gasteiger partial charge on any atom is -0.345 e. The first-order valence-electron chi connectivity index (χ1n) is 6.80. The Bertz CT molecular complexity index is 638. The topological polar surface area (TPSA) is 58.2 Å². The van der Waals surface area contributed by atoms with Crippen LogP contribution in [0.15, 0.2) is 54.6 Å². The Morgan fingerprint density at radius 2 is 1.57 bits per heavy atom. The minimum absolute atomic E-state index is 0.228. The zero-order valence-electron chi connectivity index (χ0n) is 12.1. The molecule has 0 radical (unpaired) electrons. The number of hydrogen-bond acceptors (Lipinski definition) is 2. The molecule has 1 atom stereocenters. The van der Waals surface area contributed by atoms with Gasteiger partial charge in [0.1, 0.15) is 6.04 Å². The van der Waals surface area contributed by atoms with Crippen LogP contribution in [-0.2, 0) is 9.59 Å². The highest BCUT2D eigenvalue weighted by atomic mass is 16.2. The zero-order valence-corrected chi connectivity index (χ0v) is 12.1. The summed E-state index contributed by atoms with van der Waals surface area (Å²) in [5.74, 6) is -0.470. The van der Waals surface area contributed by atoms with E-state index in [9.17, 15) is 9.59 Å². The molecule has 108 valence electrons. The van der Waals surface area contributed by atoms with Gasteiger partial charge in [-0.3, -0.25) is 9.59 Å². The van der Waals surface area contributed by atoms with Gasteiger partial charge in [0, 0.05) is 18.2 Å². The summed E-state index contributed by atoms with van der Waals surface area (Å²) in [6.45, 7) is 3.05. The van der Waals surface area contributed by atoms with E-state index in [0.717, 1.165) is 16.8 Å². The zero-order chi connectivity index (χ0) is 15.2. The first-order valence-corrected chi connectivity index (χ1v) is 6.80. The molecule has 0 heterocycles. The number of hydrogen-bond donors (Lipinski definition) is 2. The van der Waals surface area contributed by atoms with Crippen LogP contribution in [0.25, 0.3) is 11.1 Å². The minimum atomic E-state index is -0.577. The number of carbonyl (C=O) groups is 2. The summed E-state index contributed by atoms with van der Waals surface area (Å²) in [6.07, 6.45) is 0. The first kappa shape index (κ1) is 14.8. The van der Waals surface area contributed by atoms with E-state index in [2.05, 4.69) is 10.6 Å². The Balaban J connectivity index is 2.22. The van der Waals surface area contributed by atoms with Gasteiger partial charge in [0.25, 0.3) is 0 Å². The van der Waals surface area contributed by atoms with Crippen LogP contribution in [0, 0.1) is 0 Å². The second-order valence-electron chi connectivity index (χ2n) is 4.82. The molecule has 0 fully saturated rings. The lowest BCUT2D eigenvalue weighted by Crippen LogP contribution is -2.40. The van der Waals surface area contributed by atoms with Gasteiger partial charge in [-0.25, -0.2) is 0 Å².